The van der Waals surface area contributed by atoms with Crippen LogP contribution in [0.4, 0.5) is 4.39 Å². The highest BCUT2D eigenvalue weighted by Crippen LogP contribution is 2.27. The molecule has 0 bridgehead atoms. The Hall–Kier alpha value is -2.88. The summed E-state index contributed by atoms with van der Waals surface area (Å²) in [7, 11) is 0. The summed E-state index contributed by atoms with van der Waals surface area (Å²) in [5, 5.41) is 0. The lowest BCUT2D eigenvalue weighted by Crippen LogP contribution is -2.12. The first-order valence-corrected chi connectivity index (χ1v) is 13.3. The van der Waals surface area contributed by atoms with Gasteiger partial charge in [-0.1, -0.05) is 71.3 Å². The van der Waals surface area contributed by atoms with Crippen molar-refractivity contribution in [1.82, 2.24) is 4.98 Å². The van der Waals surface area contributed by atoms with Gasteiger partial charge in [0.25, 0.3) is 0 Å². The molecule has 0 amide bonds. The number of nitrogens with zero attached hydrogens (tertiary/aromatic N) is 1. The molecular weight excluding hydrogens is 437 g/mol. The van der Waals surface area contributed by atoms with Crippen LogP contribution in [0.25, 0.3) is 11.3 Å². The molecule has 1 atom stereocenters. The minimum absolute atomic E-state index is 0.103. The van der Waals surface area contributed by atoms with E-state index in [1.165, 1.54) is 44.1 Å². The summed E-state index contributed by atoms with van der Waals surface area (Å²) in [6.45, 7) is 4.46. The molecule has 0 aliphatic heterocycles. The first kappa shape index (κ1) is 26.7. The minimum Gasteiger partial charge on any atom is -0.491 e. The number of pyridine rings is 1. The van der Waals surface area contributed by atoms with Crippen LogP contribution in [0.15, 0.2) is 66.9 Å². The van der Waals surface area contributed by atoms with Crippen LogP contribution >= 0.6 is 0 Å². The molecule has 3 rings (SSSR count). The number of unbranched alkanes of at least 4 members (excludes halogenated alkanes) is 7. The molecular formula is C31H40FNO2. The van der Waals surface area contributed by atoms with E-state index in [-0.39, 0.29) is 6.61 Å². The van der Waals surface area contributed by atoms with Gasteiger partial charge in [-0.2, -0.15) is 0 Å². The summed E-state index contributed by atoms with van der Waals surface area (Å²) in [4.78, 5) is 4.53. The van der Waals surface area contributed by atoms with Crippen molar-refractivity contribution in [3.05, 3.63) is 72.4 Å². The lowest BCUT2D eigenvalue weighted by atomic mass is 10.1. The zero-order chi connectivity index (χ0) is 24.7. The number of rotatable bonds is 16. The number of halogens is 1. The van der Waals surface area contributed by atoms with E-state index < -0.39 is 6.17 Å². The third kappa shape index (κ3) is 9.71. The molecule has 188 valence electrons. The van der Waals surface area contributed by atoms with Crippen LogP contribution in [-0.4, -0.2) is 17.8 Å². The van der Waals surface area contributed by atoms with Crippen LogP contribution in [0.2, 0.25) is 0 Å². The van der Waals surface area contributed by atoms with Gasteiger partial charge < -0.3 is 9.47 Å². The fourth-order valence-corrected chi connectivity index (χ4v) is 4.01. The van der Waals surface area contributed by atoms with Gasteiger partial charge in [0, 0.05) is 11.8 Å². The van der Waals surface area contributed by atoms with Gasteiger partial charge in [0.05, 0.1) is 5.69 Å². The maximum absolute atomic E-state index is 14.2. The van der Waals surface area contributed by atoms with Crippen molar-refractivity contribution in [2.75, 3.05) is 6.61 Å². The Morgan fingerprint density at radius 1 is 0.714 bits per heavy atom. The SMILES string of the molecule is CCCCCCCCCCC(F)COc1ccc(Oc2ccc(-c3ccc(CC)cn3)cc2)cc1. The minimum atomic E-state index is -0.919. The van der Waals surface area contributed by atoms with Crippen molar-refractivity contribution in [1.29, 1.82) is 0 Å². The number of benzene rings is 2. The average molecular weight is 478 g/mol. The molecule has 0 saturated carbocycles. The molecule has 0 aliphatic rings. The van der Waals surface area contributed by atoms with E-state index in [2.05, 4.69) is 24.9 Å². The van der Waals surface area contributed by atoms with Crippen LogP contribution in [0.3, 0.4) is 0 Å². The molecule has 1 unspecified atom stereocenters. The highest BCUT2D eigenvalue weighted by atomic mass is 19.1. The molecule has 0 N–H and O–H groups in total. The highest BCUT2D eigenvalue weighted by Gasteiger charge is 2.08. The third-order valence-corrected chi connectivity index (χ3v) is 6.24. The second-order valence-corrected chi connectivity index (χ2v) is 9.17. The molecule has 0 radical (unpaired) electrons. The van der Waals surface area contributed by atoms with Crippen LogP contribution in [-0.2, 0) is 6.42 Å². The maximum atomic E-state index is 14.2. The molecule has 2 aromatic carbocycles. The second-order valence-electron chi connectivity index (χ2n) is 9.17. The lowest BCUT2D eigenvalue weighted by molar-refractivity contribution is 0.183. The standard InChI is InChI=1S/C31H40FNO2/c1-3-5-6-7-8-9-10-11-12-27(32)24-34-28-18-20-30(21-19-28)35-29-16-14-26(15-17-29)31-22-13-25(4-2)23-33-31/h13-23,27H,3-12,24H2,1-2H3. The van der Waals surface area contributed by atoms with Crippen LogP contribution in [0.1, 0.15) is 77.2 Å². The zero-order valence-corrected chi connectivity index (χ0v) is 21.3. The van der Waals surface area contributed by atoms with Gasteiger partial charge in [-0.05, 0) is 73.0 Å². The first-order valence-electron chi connectivity index (χ1n) is 13.3. The summed E-state index contributed by atoms with van der Waals surface area (Å²) in [6.07, 6.45) is 12.3. The van der Waals surface area contributed by atoms with Crippen molar-refractivity contribution in [3.63, 3.8) is 0 Å². The fraction of sp³-hybridized carbons (Fsp3) is 0.452. The number of hydrogen-bond acceptors (Lipinski definition) is 3. The van der Waals surface area contributed by atoms with Crippen molar-refractivity contribution in [2.45, 2.75) is 84.2 Å². The van der Waals surface area contributed by atoms with E-state index in [0.29, 0.717) is 17.9 Å². The molecule has 0 saturated heterocycles. The summed E-state index contributed by atoms with van der Waals surface area (Å²) in [5.74, 6) is 2.13. The Kier molecular flexibility index (Phi) is 11.6. The third-order valence-electron chi connectivity index (χ3n) is 6.24. The number of ether oxygens (including phenoxy) is 2. The Bertz CT molecular complexity index is 955. The smallest absolute Gasteiger partial charge is 0.134 e. The highest BCUT2D eigenvalue weighted by molar-refractivity contribution is 5.60. The van der Waals surface area contributed by atoms with Crippen molar-refractivity contribution in [2.24, 2.45) is 0 Å². The largest absolute Gasteiger partial charge is 0.491 e. The fourth-order valence-electron chi connectivity index (χ4n) is 4.01. The summed E-state index contributed by atoms with van der Waals surface area (Å²) < 4.78 is 25.8. The predicted molar refractivity (Wildman–Crippen MR) is 143 cm³/mol. The van der Waals surface area contributed by atoms with E-state index in [1.807, 2.05) is 60.8 Å². The number of alkyl halides is 1. The van der Waals surface area contributed by atoms with Gasteiger partial charge in [0.1, 0.15) is 30.0 Å². The Labute approximate surface area is 210 Å². The summed E-state index contributed by atoms with van der Waals surface area (Å²) in [6, 6.07) is 19.4. The van der Waals surface area contributed by atoms with Gasteiger partial charge in [0.2, 0.25) is 0 Å². The molecule has 3 aromatic rings. The second kappa shape index (κ2) is 15.2. The molecule has 35 heavy (non-hydrogen) atoms. The monoisotopic (exact) mass is 477 g/mol. The molecule has 1 heterocycles. The van der Waals surface area contributed by atoms with E-state index in [9.17, 15) is 4.39 Å². The quantitative estimate of drug-likeness (QED) is 0.193. The molecule has 4 heteroatoms. The van der Waals surface area contributed by atoms with E-state index in [4.69, 9.17) is 9.47 Å². The van der Waals surface area contributed by atoms with Gasteiger partial charge >= 0.3 is 0 Å². The number of hydrogen-bond donors (Lipinski definition) is 0. The van der Waals surface area contributed by atoms with Gasteiger partial charge in [0.15, 0.2) is 0 Å². The van der Waals surface area contributed by atoms with Crippen molar-refractivity contribution < 1.29 is 13.9 Å². The van der Waals surface area contributed by atoms with Gasteiger partial charge in [-0.3, -0.25) is 4.98 Å². The number of aromatic nitrogens is 1. The van der Waals surface area contributed by atoms with Gasteiger partial charge in [-0.15, -0.1) is 0 Å². The Balaban J connectivity index is 1.36. The maximum Gasteiger partial charge on any atom is 0.134 e. The number of aryl methyl sites for hydroxylation is 1. The van der Waals surface area contributed by atoms with Crippen LogP contribution in [0, 0.1) is 0 Å². The molecule has 0 aliphatic carbocycles. The molecule has 1 aromatic heterocycles. The van der Waals surface area contributed by atoms with Crippen molar-refractivity contribution >= 4 is 0 Å². The Morgan fingerprint density at radius 3 is 1.91 bits per heavy atom. The van der Waals surface area contributed by atoms with E-state index in [1.54, 1.807) is 0 Å². The van der Waals surface area contributed by atoms with E-state index in [0.717, 1.165) is 36.3 Å². The lowest BCUT2D eigenvalue weighted by Gasteiger charge is -2.11. The van der Waals surface area contributed by atoms with Crippen molar-refractivity contribution in [3.8, 4) is 28.5 Å². The zero-order valence-electron chi connectivity index (χ0n) is 21.3. The molecule has 0 fully saturated rings. The average Bonchev–Trinajstić information content (AvgIpc) is 2.90. The normalized spacial score (nSPS) is 11.9. The Morgan fingerprint density at radius 2 is 1.31 bits per heavy atom. The van der Waals surface area contributed by atoms with E-state index >= 15 is 0 Å². The first-order chi connectivity index (χ1) is 17.2. The topological polar surface area (TPSA) is 31.4 Å². The van der Waals surface area contributed by atoms with Crippen LogP contribution in [0.5, 0.6) is 17.2 Å². The van der Waals surface area contributed by atoms with Crippen LogP contribution < -0.4 is 9.47 Å². The summed E-state index contributed by atoms with van der Waals surface area (Å²) >= 11 is 0. The molecule has 3 nitrogen and oxygen atoms in total. The van der Waals surface area contributed by atoms with Gasteiger partial charge in [-0.25, -0.2) is 4.39 Å². The predicted octanol–water partition coefficient (Wildman–Crippen LogP) is 9.35. The molecule has 0 spiro atoms. The summed E-state index contributed by atoms with van der Waals surface area (Å²) in [5.41, 5.74) is 3.23.